The van der Waals surface area contributed by atoms with Gasteiger partial charge in [0, 0.05) is 8.07 Å². The molecule has 1 unspecified atom stereocenters. The van der Waals surface area contributed by atoms with Crippen LogP contribution >= 0.6 is 0 Å². The van der Waals surface area contributed by atoms with Gasteiger partial charge in [-0.2, -0.15) is 10.4 Å². The van der Waals surface area contributed by atoms with Gasteiger partial charge in [-0.3, -0.25) is 0 Å². The Labute approximate surface area is 190 Å². The summed E-state index contributed by atoms with van der Waals surface area (Å²) >= 11 is 0. The van der Waals surface area contributed by atoms with Crippen molar-refractivity contribution in [2.45, 2.75) is 45.6 Å². The molecule has 1 atom stereocenters. The Kier molecular flexibility index (Phi) is 7.55. The van der Waals surface area contributed by atoms with Crippen molar-refractivity contribution in [3.8, 4) is 5.75 Å². The molecule has 1 radical (unpaired) electrons. The zero-order valence-electron chi connectivity index (χ0n) is 16.0. The Hall–Kier alpha value is 0.00688. The van der Waals surface area contributed by atoms with Crippen molar-refractivity contribution in [2.75, 3.05) is 0 Å². The zero-order valence-corrected chi connectivity index (χ0v) is 22.0. The largest absolute Gasteiger partial charge is 3.00 e. The van der Waals surface area contributed by atoms with Crippen LogP contribution in [-0.4, -0.2) is 16.4 Å². The third-order valence-corrected chi connectivity index (χ3v) is 10.5. The van der Waals surface area contributed by atoms with Gasteiger partial charge in [-0.15, -0.1) is 22.9 Å². The molecule has 0 N–H and O–H groups in total. The normalized spacial score (nSPS) is 19.8. The molecule has 0 bridgehead atoms. The molecular formula is C20H25Cl2OSi2Zr. The van der Waals surface area contributed by atoms with E-state index in [1.165, 1.54) is 28.0 Å². The molecule has 0 spiro atoms. The van der Waals surface area contributed by atoms with Crippen LogP contribution in [0.3, 0.4) is 0 Å². The van der Waals surface area contributed by atoms with Gasteiger partial charge in [0.1, 0.15) is 0 Å². The van der Waals surface area contributed by atoms with E-state index in [0.29, 0.717) is 0 Å². The summed E-state index contributed by atoms with van der Waals surface area (Å²) in [6.07, 6.45) is 7.75. The van der Waals surface area contributed by atoms with Crippen molar-refractivity contribution in [3.63, 3.8) is 0 Å². The van der Waals surface area contributed by atoms with E-state index in [9.17, 15) is 0 Å². The van der Waals surface area contributed by atoms with Crippen LogP contribution in [0.1, 0.15) is 18.9 Å². The summed E-state index contributed by atoms with van der Waals surface area (Å²) in [5.41, 5.74) is 2.82. The minimum atomic E-state index is -1.63. The molecule has 4 rings (SSSR count). The second kappa shape index (κ2) is 8.17. The zero-order chi connectivity index (χ0) is 16.4. The maximum Gasteiger partial charge on any atom is 3.00 e. The van der Waals surface area contributed by atoms with Crippen LogP contribution in [0.25, 0.3) is 16.3 Å². The number of hydrogen-bond acceptors (Lipinski definition) is 1. The van der Waals surface area contributed by atoms with Crippen LogP contribution in [0, 0.1) is 0 Å². The summed E-state index contributed by atoms with van der Waals surface area (Å²) in [6, 6.07) is 8.27. The van der Waals surface area contributed by atoms with Crippen LogP contribution in [-0.2, 0) is 26.2 Å². The van der Waals surface area contributed by atoms with Crippen molar-refractivity contribution in [2.24, 2.45) is 0 Å². The maximum absolute atomic E-state index is 6.49. The SMILES string of the molecule is CC[Si]1(C)c2[cH-]c3ccc(O[Si](C)(C)C)c(C4=CC=CC4)c3c21.[Cl-].[Cl-].[Zr+3]. The van der Waals surface area contributed by atoms with Gasteiger partial charge in [0.05, 0.1) is 5.75 Å². The molecule has 0 saturated heterocycles. The predicted octanol–water partition coefficient (Wildman–Crippen LogP) is -1.35. The fraction of sp³-hybridized carbons (Fsp3) is 0.350. The predicted molar refractivity (Wildman–Crippen MR) is 107 cm³/mol. The fourth-order valence-corrected chi connectivity index (χ4v) is 8.54. The number of halogens is 2. The second-order valence-electron chi connectivity index (χ2n) is 8.06. The van der Waals surface area contributed by atoms with E-state index in [-0.39, 0.29) is 51.0 Å². The van der Waals surface area contributed by atoms with Gasteiger partial charge in [0.2, 0.25) is 8.32 Å². The van der Waals surface area contributed by atoms with Gasteiger partial charge >= 0.3 is 26.2 Å². The van der Waals surface area contributed by atoms with E-state index >= 15 is 0 Å². The molecule has 6 heteroatoms. The molecule has 2 aromatic rings. The standard InChI is InChI=1S/C20H25OSi2.2ClH.Zr/c1-6-23(5)17-13-15-11-12-16(21-22(2,3)4)18(19(15)20(17)23)14-9-7-8-10-14;;;/h7-9,11-13H,6,10H2,1-5H3;2*1H;/q-1;;;+3/p-2. The molecule has 26 heavy (non-hydrogen) atoms. The molecule has 0 amide bonds. The van der Waals surface area contributed by atoms with Gasteiger partial charge in [-0.1, -0.05) is 43.8 Å². The smallest absolute Gasteiger partial charge is 1.00 e. The monoisotopic (exact) mass is 497 g/mol. The summed E-state index contributed by atoms with van der Waals surface area (Å²) < 4.78 is 6.49. The summed E-state index contributed by atoms with van der Waals surface area (Å²) in [6.45, 7) is 11.7. The molecule has 137 valence electrons. The molecule has 2 aliphatic rings. The van der Waals surface area contributed by atoms with Crippen LogP contribution in [0.4, 0.5) is 0 Å². The van der Waals surface area contributed by atoms with Gasteiger partial charge in [-0.05, 0) is 37.2 Å². The minimum Gasteiger partial charge on any atom is -1.00 e. The quantitative estimate of drug-likeness (QED) is 0.374. The van der Waals surface area contributed by atoms with Gasteiger partial charge < -0.3 is 29.2 Å². The van der Waals surface area contributed by atoms with Crippen LogP contribution in [0.2, 0.25) is 32.2 Å². The Morgan fingerprint density at radius 2 is 1.88 bits per heavy atom. The van der Waals surface area contributed by atoms with Crippen molar-refractivity contribution in [3.05, 3.63) is 42.0 Å². The molecule has 0 aromatic heterocycles. The van der Waals surface area contributed by atoms with Crippen molar-refractivity contribution in [1.29, 1.82) is 0 Å². The van der Waals surface area contributed by atoms with Crippen molar-refractivity contribution >= 4 is 43.1 Å². The molecule has 1 aliphatic carbocycles. The fourth-order valence-electron chi connectivity index (χ4n) is 3.96. The molecule has 0 fully saturated rings. The molecular weight excluding hydrogens is 475 g/mol. The second-order valence-corrected chi connectivity index (χ2v) is 16.9. The first-order chi connectivity index (χ1) is 10.8. The van der Waals surface area contributed by atoms with E-state index in [1.807, 2.05) is 0 Å². The van der Waals surface area contributed by atoms with Gasteiger partial charge in [0.15, 0.2) is 0 Å². The Bertz CT molecular complexity index is 880. The summed E-state index contributed by atoms with van der Waals surface area (Å²) in [4.78, 5) is 0. The van der Waals surface area contributed by atoms with E-state index in [2.05, 4.69) is 69.5 Å². The topological polar surface area (TPSA) is 9.23 Å². The summed E-state index contributed by atoms with van der Waals surface area (Å²) in [5, 5.41) is 6.33. The molecule has 0 saturated carbocycles. The van der Waals surface area contributed by atoms with Crippen molar-refractivity contribution in [1.82, 2.24) is 0 Å². The van der Waals surface area contributed by atoms with Crippen LogP contribution in [0.5, 0.6) is 5.75 Å². The summed E-state index contributed by atoms with van der Waals surface area (Å²) in [7, 11) is -2.88. The van der Waals surface area contributed by atoms with E-state index in [1.54, 1.807) is 10.4 Å². The number of rotatable bonds is 4. The molecule has 1 aliphatic heterocycles. The third kappa shape index (κ3) is 3.78. The first-order valence-electron chi connectivity index (χ1n) is 8.67. The van der Waals surface area contributed by atoms with Gasteiger partial charge in [0.25, 0.3) is 0 Å². The first kappa shape index (κ1) is 24.0. The van der Waals surface area contributed by atoms with E-state index < -0.39 is 16.4 Å². The van der Waals surface area contributed by atoms with E-state index in [4.69, 9.17) is 4.43 Å². The van der Waals surface area contributed by atoms with Gasteiger partial charge in [-0.25, -0.2) is 0 Å². The summed E-state index contributed by atoms with van der Waals surface area (Å²) in [5.74, 6) is 1.11. The third-order valence-electron chi connectivity index (χ3n) is 5.32. The number of hydrogen-bond donors (Lipinski definition) is 0. The molecule has 1 heterocycles. The molecule has 1 nitrogen and oxygen atoms in total. The average molecular weight is 500 g/mol. The maximum atomic E-state index is 6.49. The molecule has 2 aromatic carbocycles. The van der Waals surface area contributed by atoms with Crippen LogP contribution in [0.15, 0.2) is 36.4 Å². The number of benzene rings is 1. The average Bonchev–Trinajstić information content (AvgIpc) is 2.93. The first-order valence-corrected chi connectivity index (χ1v) is 14.8. The number of fused-ring (bicyclic) bond motifs is 3. The van der Waals surface area contributed by atoms with E-state index in [0.717, 1.165) is 12.2 Å². The number of allylic oxidation sites excluding steroid dienone is 4. The Balaban J connectivity index is 0.00000113. The van der Waals surface area contributed by atoms with Crippen LogP contribution < -0.4 is 39.6 Å². The Morgan fingerprint density at radius 1 is 1.19 bits per heavy atom. The van der Waals surface area contributed by atoms with Crippen molar-refractivity contribution < 1.29 is 55.4 Å². The Morgan fingerprint density at radius 3 is 2.42 bits per heavy atom. The minimum absolute atomic E-state index is 0.